The SMILES string of the molecule is CCCC(CCC)C(=O)N1CCCC1CC(C)O. The average molecular weight is 255 g/mol. The van der Waals surface area contributed by atoms with Gasteiger partial charge in [0, 0.05) is 18.5 Å². The Hall–Kier alpha value is -0.570. The number of carbonyl (C=O) groups is 1. The fourth-order valence-corrected chi connectivity index (χ4v) is 3.09. The Balaban J connectivity index is 2.61. The molecule has 1 aliphatic heterocycles. The van der Waals surface area contributed by atoms with Crippen molar-refractivity contribution in [1.29, 1.82) is 0 Å². The van der Waals surface area contributed by atoms with Crippen molar-refractivity contribution in [2.75, 3.05) is 6.54 Å². The van der Waals surface area contributed by atoms with Crippen LogP contribution in [0.1, 0.15) is 65.7 Å². The zero-order valence-corrected chi connectivity index (χ0v) is 12.2. The first kappa shape index (κ1) is 15.5. The molecule has 1 aliphatic rings. The Morgan fingerprint density at radius 2 is 1.94 bits per heavy atom. The number of aliphatic hydroxyl groups excluding tert-OH is 1. The van der Waals surface area contributed by atoms with Gasteiger partial charge in [0.25, 0.3) is 0 Å². The first-order chi connectivity index (χ1) is 8.60. The molecule has 2 unspecified atom stereocenters. The Bertz CT molecular complexity index is 247. The summed E-state index contributed by atoms with van der Waals surface area (Å²) in [5.74, 6) is 0.538. The summed E-state index contributed by atoms with van der Waals surface area (Å²) in [6, 6.07) is 0.272. The Morgan fingerprint density at radius 1 is 1.33 bits per heavy atom. The molecule has 0 spiro atoms. The largest absolute Gasteiger partial charge is 0.393 e. The molecule has 0 saturated carbocycles. The minimum Gasteiger partial charge on any atom is -0.393 e. The zero-order valence-electron chi connectivity index (χ0n) is 12.2. The molecule has 2 atom stereocenters. The molecule has 0 aromatic heterocycles. The smallest absolute Gasteiger partial charge is 0.225 e. The molecule has 0 aliphatic carbocycles. The van der Waals surface area contributed by atoms with Crippen LogP contribution in [0.4, 0.5) is 0 Å². The van der Waals surface area contributed by atoms with Crippen molar-refractivity contribution in [3.05, 3.63) is 0 Å². The van der Waals surface area contributed by atoms with Gasteiger partial charge in [0.05, 0.1) is 6.10 Å². The summed E-state index contributed by atoms with van der Waals surface area (Å²) in [6.45, 7) is 7.00. The quantitative estimate of drug-likeness (QED) is 0.760. The van der Waals surface area contributed by atoms with Crippen molar-refractivity contribution in [3.8, 4) is 0 Å². The highest BCUT2D eigenvalue weighted by Gasteiger charge is 2.32. The summed E-state index contributed by atoms with van der Waals surface area (Å²) >= 11 is 0. The summed E-state index contributed by atoms with van der Waals surface area (Å²) in [5.41, 5.74) is 0. The van der Waals surface area contributed by atoms with Crippen LogP contribution in [-0.4, -0.2) is 34.6 Å². The third-order valence-electron chi connectivity index (χ3n) is 3.90. The molecule has 18 heavy (non-hydrogen) atoms. The molecule has 0 aromatic carbocycles. The number of hydrogen-bond acceptors (Lipinski definition) is 2. The fourth-order valence-electron chi connectivity index (χ4n) is 3.09. The van der Waals surface area contributed by atoms with Gasteiger partial charge in [0.2, 0.25) is 5.91 Å². The van der Waals surface area contributed by atoms with Crippen LogP contribution in [0.2, 0.25) is 0 Å². The minimum atomic E-state index is -0.306. The van der Waals surface area contributed by atoms with E-state index in [4.69, 9.17) is 0 Å². The first-order valence-corrected chi connectivity index (χ1v) is 7.58. The summed E-state index contributed by atoms with van der Waals surface area (Å²) in [5, 5.41) is 9.52. The highest BCUT2D eigenvalue weighted by Crippen LogP contribution is 2.26. The molecule has 3 nitrogen and oxygen atoms in total. The molecular weight excluding hydrogens is 226 g/mol. The van der Waals surface area contributed by atoms with Crippen molar-refractivity contribution in [2.24, 2.45) is 5.92 Å². The van der Waals surface area contributed by atoms with Gasteiger partial charge in [0.15, 0.2) is 0 Å². The fraction of sp³-hybridized carbons (Fsp3) is 0.933. The van der Waals surface area contributed by atoms with Crippen molar-refractivity contribution >= 4 is 5.91 Å². The summed E-state index contributed by atoms with van der Waals surface area (Å²) in [6.07, 6.45) is 6.73. The number of aliphatic hydroxyl groups is 1. The normalized spacial score (nSPS) is 21.6. The molecule has 0 aromatic rings. The van der Waals surface area contributed by atoms with Crippen molar-refractivity contribution in [3.63, 3.8) is 0 Å². The predicted octanol–water partition coefficient (Wildman–Crippen LogP) is 2.96. The Morgan fingerprint density at radius 3 is 2.44 bits per heavy atom. The first-order valence-electron chi connectivity index (χ1n) is 7.58. The number of amides is 1. The van der Waals surface area contributed by atoms with E-state index in [9.17, 15) is 9.90 Å². The predicted molar refractivity (Wildman–Crippen MR) is 74.3 cm³/mol. The monoisotopic (exact) mass is 255 g/mol. The van der Waals surface area contributed by atoms with Crippen LogP contribution >= 0.6 is 0 Å². The van der Waals surface area contributed by atoms with E-state index in [0.29, 0.717) is 5.91 Å². The third kappa shape index (κ3) is 4.27. The van der Waals surface area contributed by atoms with Gasteiger partial charge in [-0.15, -0.1) is 0 Å². The summed E-state index contributed by atoms with van der Waals surface area (Å²) in [4.78, 5) is 14.6. The Labute approximate surface area is 112 Å². The van der Waals surface area contributed by atoms with Gasteiger partial charge >= 0.3 is 0 Å². The van der Waals surface area contributed by atoms with E-state index in [1.54, 1.807) is 0 Å². The number of carbonyl (C=O) groups excluding carboxylic acids is 1. The van der Waals surface area contributed by atoms with Crippen LogP contribution in [0.15, 0.2) is 0 Å². The van der Waals surface area contributed by atoms with Crippen molar-refractivity contribution in [1.82, 2.24) is 4.90 Å². The lowest BCUT2D eigenvalue weighted by Crippen LogP contribution is -2.40. The lowest BCUT2D eigenvalue weighted by molar-refractivity contribution is -0.137. The van der Waals surface area contributed by atoms with E-state index in [0.717, 1.165) is 51.5 Å². The number of nitrogens with zero attached hydrogens (tertiary/aromatic N) is 1. The number of rotatable bonds is 7. The molecule has 1 heterocycles. The topological polar surface area (TPSA) is 40.5 Å². The van der Waals surface area contributed by atoms with Crippen LogP contribution < -0.4 is 0 Å². The molecule has 1 N–H and O–H groups in total. The lowest BCUT2D eigenvalue weighted by atomic mass is 9.96. The maximum atomic E-state index is 12.6. The maximum absolute atomic E-state index is 12.6. The molecule has 3 heteroatoms. The molecule has 1 rings (SSSR count). The van der Waals surface area contributed by atoms with Gasteiger partial charge < -0.3 is 10.0 Å². The highest BCUT2D eigenvalue weighted by molar-refractivity contribution is 5.79. The van der Waals surface area contributed by atoms with Crippen molar-refractivity contribution < 1.29 is 9.90 Å². The maximum Gasteiger partial charge on any atom is 0.225 e. The van der Waals surface area contributed by atoms with Gasteiger partial charge in [-0.05, 0) is 39.0 Å². The van der Waals surface area contributed by atoms with Gasteiger partial charge in [-0.1, -0.05) is 26.7 Å². The highest BCUT2D eigenvalue weighted by atomic mass is 16.3. The lowest BCUT2D eigenvalue weighted by Gasteiger charge is -2.29. The second-order valence-electron chi connectivity index (χ2n) is 5.69. The van der Waals surface area contributed by atoms with Crippen LogP contribution in [0.5, 0.6) is 0 Å². The van der Waals surface area contributed by atoms with E-state index in [1.807, 2.05) is 11.8 Å². The third-order valence-corrected chi connectivity index (χ3v) is 3.90. The molecule has 0 radical (unpaired) electrons. The molecule has 106 valence electrons. The molecule has 1 saturated heterocycles. The van der Waals surface area contributed by atoms with Gasteiger partial charge in [-0.3, -0.25) is 4.79 Å². The minimum absolute atomic E-state index is 0.203. The van der Waals surface area contributed by atoms with Crippen LogP contribution in [0.3, 0.4) is 0 Å². The molecule has 1 amide bonds. The van der Waals surface area contributed by atoms with E-state index < -0.39 is 0 Å². The Kier molecular flexibility index (Phi) is 6.69. The van der Waals surface area contributed by atoms with Crippen LogP contribution in [0.25, 0.3) is 0 Å². The van der Waals surface area contributed by atoms with Gasteiger partial charge in [-0.2, -0.15) is 0 Å². The standard InChI is InChI=1S/C15H29NO2/c1-4-7-13(8-5-2)15(18)16-10-6-9-14(16)11-12(3)17/h12-14,17H,4-11H2,1-3H3. The zero-order chi connectivity index (χ0) is 13.5. The van der Waals surface area contributed by atoms with Crippen LogP contribution in [0, 0.1) is 5.92 Å². The molecular formula is C15H29NO2. The molecule has 1 fully saturated rings. The second kappa shape index (κ2) is 7.78. The number of likely N-dealkylation sites (tertiary alicyclic amines) is 1. The van der Waals surface area contributed by atoms with E-state index >= 15 is 0 Å². The van der Waals surface area contributed by atoms with E-state index in [2.05, 4.69) is 13.8 Å². The summed E-state index contributed by atoms with van der Waals surface area (Å²) in [7, 11) is 0. The number of hydrogen-bond donors (Lipinski definition) is 1. The van der Waals surface area contributed by atoms with Gasteiger partial charge in [-0.25, -0.2) is 0 Å². The van der Waals surface area contributed by atoms with Crippen LogP contribution in [-0.2, 0) is 4.79 Å². The van der Waals surface area contributed by atoms with Gasteiger partial charge in [0.1, 0.15) is 0 Å². The average Bonchev–Trinajstić information content (AvgIpc) is 2.75. The van der Waals surface area contributed by atoms with E-state index in [-0.39, 0.29) is 18.1 Å². The van der Waals surface area contributed by atoms with E-state index in [1.165, 1.54) is 0 Å². The van der Waals surface area contributed by atoms with Crippen molar-refractivity contribution in [2.45, 2.75) is 77.9 Å². The second-order valence-corrected chi connectivity index (χ2v) is 5.69. The molecule has 0 bridgehead atoms. The summed E-state index contributed by atoms with van der Waals surface area (Å²) < 4.78 is 0.